The first-order valence-corrected chi connectivity index (χ1v) is 7.82. The van der Waals surface area contributed by atoms with E-state index < -0.39 is 0 Å². The van der Waals surface area contributed by atoms with Gasteiger partial charge in [-0.05, 0) is 42.2 Å². The van der Waals surface area contributed by atoms with E-state index in [9.17, 15) is 9.18 Å². The Bertz CT molecular complexity index is 638. The van der Waals surface area contributed by atoms with Gasteiger partial charge in [0.15, 0.2) is 0 Å². The fourth-order valence-electron chi connectivity index (χ4n) is 2.36. The van der Waals surface area contributed by atoms with Crippen LogP contribution in [0.15, 0.2) is 48.5 Å². The summed E-state index contributed by atoms with van der Waals surface area (Å²) in [5.74, 6) is -0.471. The summed E-state index contributed by atoms with van der Waals surface area (Å²) in [4.78, 5) is 13.9. The zero-order valence-corrected chi connectivity index (χ0v) is 13.7. The molecule has 3 nitrogen and oxygen atoms in total. The topological polar surface area (TPSA) is 32.3 Å². The number of hydrogen-bond donors (Lipinski definition) is 1. The summed E-state index contributed by atoms with van der Waals surface area (Å²) in [7, 11) is 4.03. The maximum Gasteiger partial charge on any atom is 0.224 e. The number of nitrogens with zero attached hydrogens (tertiary/aromatic N) is 1. The average molecular weight is 314 g/mol. The Morgan fingerprint density at radius 2 is 1.78 bits per heavy atom. The van der Waals surface area contributed by atoms with E-state index in [-0.39, 0.29) is 18.1 Å². The first kappa shape index (κ1) is 17.0. The van der Waals surface area contributed by atoms with Crippen molar-refractivity contribution in [2.45, 2.75) is 19.3 Å². The summed E-state index contributed by atoms with van der Waals surface area (Å²) in [5, 5.41) is 2.84. The number of hydrogen-bond acceptors (Lipinski definition) is 2. The summed E-state index contributed by atoms with van der Waals surface area (Å²) >= 11 is 0. The molecule has 1 amide bonds. The van der Waals surface area contributed by atoms with Crippen LogP contribution in [0.5, 0.6) is 0 Å². The van der Waals surface area contributed by atoms with Crippen molar-refractivity contribution in [3.8, 4) is 0 Å². The van der Waals surface area contributed by atoms with E-state index in [2.05, 4.69) is 34.5 Å². The van der Waals surface area contributed by atoms with E-state index in [4.69, 9.17) is 0 Å². The molecule has 23 heavy (non-hydrogen) atoms. The lowest BCUT2D eigenvalue weighted by molar-refractivity contribution is -0.120. The van der Waals surface area contributed by atoms with Gasteiger partial charge < -0.3 is 10.2 Å². The standard InChI is InChI=1S/C19H23FN2O/c1-22(2)17-11-9-15(10-12-17)6-5-13-21-19(23)14-16-7-3-4-8-18(16)20/h3-4,7-12H,5-6,13-14H2,1-2H3,(H,21,23). The van der Waals surface area contributed by atoms with Crippen molar-refractivity contribution in [3.63, 3.8) is 0 Å². The maximum absolute atomic E-state index is 13.5. The number of amides is 1. The second-order valence-electron chi connectivity index (χ2n) is 5.78. The molecule has 0 saturated heterocycles. The van der Waals surface area contributed by atoms with Crippen LogP contribution in [-0.4, -0.2) is 26.5 Å². The first-order chi connectivity index (χ1) is 11.1. The number of halogens is 1. The lowest BCUT2D eigenvalue weighted by Gasteiger charge is -2.12. The van der Waals surface area contributed by atoms with Gasteiger partial charge in [-0.15, -0.1) is 0 Å². The highest BCUT2D eigenvalue weighted by atomic mass is 19.1. The smallest absolute Gasteiger partial charge is 0.224 e. The number of rotatable bonds is 7. The molecular weight excluding hydrogens is 291 g/mol. The van der Waals surface area contributed by atoms with Crippen molar-refractivity contribution >= 4 is 11.6 Å². The van der Waals surface area contributed by atoms with Gasteiger partial charge in [-0.2, -0.15) is 0 Å². The minimum absolute atomic E-state index is 0.0875. The maximum atomic E-state index is 13.5. The summed E-state index contributed by atoms with van der Waals surface area (Å²) in [5.41, 5.74) is 2.86. The van der Waals surface area contributed by atoms with Crippen LogP contribution < -0.4 is 10.2 Å². The highest BCUT2D eigenvalue weighted by Crippen LogP contribution is 2.13. The van der Waals surface area contributed by atoms with E-state index in [0.717, 1.165) is 12.8 Å². The minimum Gasteiger partial charge on any atom is -0.378 e. The Morgan fingerprint density at radius 3 is 2.43 bits per heavy atom. The molecule has 1 N–H and O–H groups in total. The lowest BCUT2D eigenvalue weighted by atomic mass is 10.1. The Hall–Kier alpha value is -2.36. The zero-order valence-electron chi connectivity index (χ0n) is 13.7. The van der Waals surface area contributed by atoms with Gasteiger partial charge in [-0.3, -0.25) is 4.79 Å². The van der Waals surface area contributed by atoms with E-state index in [1.807, 2.05) is 14.1 Å². The summed E-state index contributed by atoms with van der Waals surface area (Å²) < 4.78 is 13.5. The highest BCUT2D eigenvalue weighted by Gasteiger charge is 2.06. The molecule has 0 bridgehead atoms. The molecule has 0 fully saturated rings. The van der Waals surface area contributed by atoms with Crippen LogP contribution in [0.2, 0.25) is 0 Å². The van der Waals surface area contributed by atoms with Crippen LogP contribution >= 0.6 is 0 Å². The van der Waals surface area contributed by atoms with E-state index in [1.165, 1.54) is 17.3 Å². The van der Waals surface area contributed by atoms with E-state index >= 15 is 0 Å². The van der Waals surface area contributed by atoms with Gasteiger partial charge in [0.2, 0.25) is 5.91 Å². The van der Waals surface area contributed by atoms with Crippen LogP contribution in [-0.2, 0) is 17.6 Å². The third-order valence-corrected chi connectivity index (χ3v) is 3.73. The quantitative estimate of drug-likeness (QED) is 0.796. The van der Waals surface area contributed by atoms with Crippen LogP contribution in [0.4, 0.5) is 10.1 Å². The number of anilines is 1. The molecular formula is C19H23FN2O. The summed E-state index contributed by atoms with van der Waals surface area (Å²) in [6.07, 6.45) is 1.86. The molecule has 0 radical (unpaired) electrons. The van der Waals surface area contributed by atoms with Crippen LogP contribution in [0.25, 0.3) is 0 Å². The Kier molecular flexibility index (Phi) is 6.15. The second kappa shape index (κ2) is 8.32. The van der Waals surface area contributed by atoms with E-state index in [1.54, 1.807) is 18.2 Å². The van der Waals surface area contributed by atoms with Crippen LogP contribution in [0.1, 0.15) is 17.5 Å². The molecule has 0 spiro atoms. The van der Waals surface area contributed by atoms with Crippen molar-refractivity contribution in [1.29, 1.82) is 0 Å². The van der Waals surface area contributed by atoms with Crippen molar-refractivity contribution in [1.82, 2.24) is 5.32 Å². The van der Waals surface area contributed by atoms with Gasteiger partial charge >= 0.3 is 0 Å². The zero-order chi connectivity index (χ0) is 16.7. The third-order valence-electron chi connectivity index (χ3n) is 3.73. The van der Waals surface area contributed by atoms with Crippen molar-refractivity contribution in [2.75, 3.05) is 25.5 Å². The number of nitrogens with one attached hydrogen (secondary N) is 1. The van der Waals surface area contributed by atoms with Crippen molar-refractivity contribution < 1.29 is 9.18 Å². The van der Waals surface area contributed by atoms with Gasteiger partial charge in [-0.1, -0.05) is 30.3 Å². The molecule has 2 aromatic rings. The first-order valence-electron chi connectivity index (χ1n) is 7.82. The molecule has 0 saturated carbocycles. The SMILES string of the molecule is CN(C)c1ccc(CCCNC(=O)Cc2ccccc2F)cc1. The van der Waals surface area contributed by atoms with Crippen molar-refractivity contribution in [3.05, 3.63) is 65.5 Å². The molecule has 122 valence electrons. The van der Waals surface area contributed by atoms with Gasteiger partial charge in [0.25, 0.3) is 0 Å². The molecule has 0 aliphatic rings. The van der Waals surface area contributed by atoms with Gasteiger partial charge in [0.05, 0.1) is 6.42 Å². The molecule has 0 aromatic heterocycles. The largest absolute Gasteiger partial charge is 0.378 e. The Labute approximate surface area is 137 Å². The number of carbonyl (C=O) groups is 1. The van der Waals surface area contributed by atoms with E-state index in [0.29, 0.717) is 12.1 Å². The molecule has 2 rings (SSSR count). The number of carbonyl (C=O) groups excluding carboxylic acids is 1. The molecule has 0 unspecified atom stereocenters. The van der Waals surface area contributed by atoms with Gasteiger partial charge in [0.1, 0.15) is 5.82 Å². The molecule has 0 heterocycles. The van der Waals surface area contributed by atoms with Gasteiger partial charge in [-0.25, -0.2) is 4.39 Å². The summed E-state index contributed by atoms with van der Waals surface area (Å²) in [6, 6.07) is 14.8. The highest BCUT2D eigenvalue weighted by molar-refractivity contribution is 5.78. The Balaban J connectivity index is 1.70. The number of aryl methyl sites for hydroxylation is 1. The number of benzene rings is 2. The predicted molar refractivity (Wildman–Crippen MR) is 92.2 cm³/mol. The molecule has 0 aliphatic heterocycles. The monoisotopic (exact) mass is 314 g/mol. The van der Waals surface area contributed by atoms with Crippen LogP contribution in [0.3, 0.4) is 0 Å². The molecule has 2 aromatic carbocycles. The fraction of sp³-hybridized carbons (Fsp3) is 0.316. The second-order valence-corrected chi connectivity index (χ2v) is 5.78. The normalized spacial score (nSPS) is 10.4. The molecule has 4 heteroatoms. The lowest BCUT2D eigenvalue weighted by Crippen LogP contribution is -2.26. The molecule has 0 atom stereocenters. The minimum atomic E-state index is -0.330. The molecule has 0 aliphatic carbocycles. The Morgan fingerprint density at radius 1 is 1.09 bits per heavy atom. The van der Waals surface area contributed by atoms with Gasteiger partial charge in [0, 0.05) is 26.3 Å². The predicted octanol–water partition coefficient (Wildman–Crippen LogP) is 3.18. The van der Waals surface area contributed by atoms with Crippen LogP contribution in [0, 0.1) is 5.82 Å². The average Bonchev–Trinajstić information content (AvgIpc) is 2.54. The fourth-order valence-corrected chi connectivity index (χ4v) is 2.36. The third kappa shape index (κ3) is 5.40. The summed E-state index contributed by atoms with van der Waals surface area (Å²) in [6.45, 7) is 0.600. The van der Waals surface area contributed by atoms with Crippen molar-refractivity contribution in [2.24, 2.45) is 0 Å².